The molecule has 0 aliphatic carbocycles. The van der Waals surface area contributed by atoms with E-state index in [-0.39, 0.29) is 6.03 Å². The van der Waals surface area contributed by atoms with E-state index in [2.05, 4.69) is 17.4 Å². The van der Waals surface area contributed by atoms with Crippen LogP contribution in [0.3, 0.4) is 0 Å². The summed E-state index contributed by atoms with van der Waals surface area (Å²) >= 11 is 0. The van der Waals surface area contributed by atoms with Gasteiger partial charge in [-0.25, -0.2) is 4.79 Å². The van der Waals surface area contributed by atoms with Crippen LogP contribution in [0.5, 0.6) is 0 Å². The molecule has 3 heteroatoms. The molecular weight excluding hydrogens is 248 g/mol. The largest absolute Gasteiger partial charge is 0.337 e. The molecule has 0 atom stereocenters. The molecule has 0 bridgehead atoms. The Kier molecular flexibility index (Phi) is 3.68. The van der Waals surface area contributed by atoms with Crippen LogP contribution in [0.25, 0.3) is 0 Å². The third-order valence-corrected chi connectivity index (χ3v) is 3.52. The number of carbonyl (C=O) groups is 1. The second-order valence-electron chi connectivity index (χ2n) is 4.93. The van der Waals surface area contributed by atoms with Crippen molar-refractivity contribution in [3.8, 4) is 0 Å². The van der Waals surface area contributed by atoms with Gasteiger partial charge >= 0.3 is 6.03 Å². The number of hydrogen-bond donors (Lipinski definition) is 1. The first kappa shape index (κ1) is 12.7. The van der Waals surface area contributed by atoms with Crippen LogP contribution in [0, 0.1) is 6.42 Å². The van der Waals surface area contributed by atoms with Crippen LogP contribution in [0.1, 0.15) is 16.7 Å². The molecule has 2 aromatic carbocycles. The fourth-order valence-corrected chi connectivity index (χ4v) is 2.43. The van der Waals surface area contributed by atoms with Crippen molar-refractivity contribution in [2.75, 3.05) is 6.54 Å². The summed E-state index contributed by atoms with van der Waals surface area (Å²) in [6.07, 6.45) is 2.01. The Morgan fingerprint density at radius 3 is 2.25 bits per heavy atom. The van der Waals surface area contributed by atoms with E-state index >= 15 is 0 Å². The molecule has 3 nitrogen and oxygen atoms in total. The van der Waals surface area contributed by atoms with Gasteiger partial charge in [0.05, 0.1) is 0 Å². The van der Waals surface area contributed by atoms with Gasteiger partial charge in [0, 0.05) is 26.1 Å². The molecule has 0 saturated heterocycles. The number of fused-ring (bicyclic) bond motifs is 1. The monoisotopic (exact) mass is 265 g/mol. The summed E-state index contributed by atoms with van der Waals surface area (Å²) in [6.45, 7) is 1.95. The maximum Gasteiger partial charge on any atom is 0.318 e. The summed E-state index contributed by atoms with van der Waals surface area (Å²) in [5, 5.41) is 2.94. The van der Waals surface area contributed by atoms with Crippen molar-refractivity contribution >= 4 is 6.03 Å². The Bertz CT molecular complexity index is 570. The molecule has 0 aromatic heterocycles. The first-order valence-corrected chi connectivity index (χ1v) is 6.81. The van der Waals surface area contributed by atoms with E-state index in [0.717, 1.165) is 5.56 Å². The Labute approximate surface area is 119 Å². The molecule has 3 rings (SSSR count). The fourth-order valence-electron chi connectivity index (χ4n) is 2.43. The van der Waals surface area contributed by atoms with Crippen LogP contribution in [-0.2, 0) is 13.1 Å². The van der Waals surface area contributed by atoms with E-state index in [0.29, 0.717) is 19.6 Å². The van der Waals surface area contributed by atoms with Crippen molar-refractivity contribution in [3.63, 3.8) is 0 Å². The van der Waals surface area contributed by atoms with E-state index in [1.54, 1.807) is 0 Å². The fraction of sp³-hybridized carbons (Fsp3) is 0.176. The molecular formula is C17H17N2O. The standard InChI is InChI=1S/C17H17N2O/c20-17(18-11-10-14-6-2-1-3-7-14)19-12-15-8-4-5-9-16(15)13-19/h1-10H,11-13H2,(H,18,20). The first-order chi connectivity index (χ1) is 9.83. The summed E-state index contributed by atoms with van der Waals surface area (Å²) in [6, 6.07) is 18.2. The number of carbonyl (C=O) groups excluding carboxylic acids is 1. The highest BCUT2D eigenvalue weighted by Crippen LogP contribution is 2.21. The second-order valence-corrected chi connectivity index (χ2v) is 4.93. The van der Waals surface area contributed by atoms with E-state index in [1.165, 1.54) is 11.1 Å². The van der Waals surface area contributed by atoms with Gasteiger partial charge in [-0.05, 0) is 16.7 Å². The van der Waals surface area contributed by atoms with E-state index in [4.69, 9.17) is 0 Å². The average Bonchev–Trinajstić information content (AvgIpc) is 2.92. The van der Waals surface area contributed by atoms with Crippen molar-refractivity contribution in [2.45, 2.75) is 13.1 Å². The van der Waals surface area contributed by atoms with Gasteiger partial charge in [-0.15, -0.1) is 0 Å². The van der Waals surface area contributed by atoms with Gasteiger partial charge in [0.25, 0.3) is 0 Å². The van der Waals surface area contributed by atoms with Crippen molar-refractivity contribution in [2.24, 2.45) is 0 Å². The van der Waals surface area contributed by atoms with Crippen LogP contribution < -0.4 is 5.32 Å². The lowest BCUT2D eigenvalue weighted by Crippen LogP contribution is -2.37. The van der Waals surface area contributed by atoms with E-state index < -0.39 is 0 Å². The lowest BCUT2D eigenvalue weighted by molar-refractivity contribution is 0.199. The quantitative estimate of drug-likeness (QED) is 0.909. The Hall–Kier alpha value is -2.29. The molecule has 101 valence electrons. The topological polar surface area (TPSA) is 32.3 Å². The molecule has 0 unspecified atom stereocenters. The highest BCUT2D eigenvalue weighted by atomic mass is 16.2. The predicted octanol–water partition coefficient (Wildman–Crippen LogP) is 2.96. The zero-order valence-corrected chi connectivity index (χ0v) is 11.3. The van der Waals surface area contributed by atoms with Gasteiger partial charge in [0.2, 0.25) is 0 Å². The molecule has 0 saturated carbocycles. The lowest BCUT2D eigenvalue weighted by atomic mass is 10.1. The molecule has 2 amide bonds. The maximum atomic E-state index is 12.1. The Balaban J connectivity index is 1.49. The molecule has 1 heterocycles. The number of rotatable bonds is 3. The lowest BCUT2D eigenvalue weighted by Gasteiger charge is -2.16. The number of nitrogens with zero attached hydrogens (tertiary/aromatic N) is 1. The predicted molar refractivity (Wildman–Crippen MR) is 78.9 cm³/mol. The van der Waals surface area contributed by atoms with Gasteiger partial charge in [-0.3, -0.25) is 0 Å². The zero-order valence-electron chi connectivity index (χ0n) is 11.3. The van der Waals surface area contributed by atoms with Gasteiger partial charge in [-0.1, -0.05) is 54.6 Å². The molecule has 1 radical (unpaired) electrons. The molecule has 1 N–H and O–H groups in total. The third kappa shape index (κ3) is 2.82. The van der Waals surface area contributed by atoms with Gasteiger partial charge in [0.15, 0.2) is 0 Å². The van der Waals surface area contributed by atoms with Crippen LogP contribution in [-0.4, -0.2) is 17.5 Å². The average molecular weight is 265 g/mol. The van der Waals surface area contributed by atoms with Crippen molar-refractivity contribution in [1.82, 2.24) is 10.2 Å². The molecule has 1 aliphatic heterocycles. The minimum Gasteiger partial charge on any atom is -0.337 e. The summed E-state index contributed by atoms with van der Waals surface area (Å²) in [5.41, 5.74) is 3.61. The van der Waals surface area contributed by atoms with Gasteiger partial charge in [0.1, 0.15) is 0 Å². The molecule has 2 aromatic rings. The number of nitrogens with one attached hydrogen (secondary N) is 1. The van der Waals surface area contributed by atoms with E-state index in [1.807, 2.05) is 53.8 Å². The Morgan fingerprint density at radius 1 is 1.00 bits per heavy atom. The second kappa shape index (κ2) is 5.78. The third-order valence-electron chi connectivity index (χ3n) is 3.52. The van der Waals surface area contributed by atoms with Gasteiger partial charge < -0.3 is 10.2 Å². The van der Waals surface area contributed by atoms with Crippen molar-refractivity contribution in [3.05, 3.63) is 77.7 Å². The van der Waals surface area contributed by atoms with Gasteiger partial charge in [-0.2, -0.15) is 0 Å². The number of urea groups is 1. The van der Waals surface area contributed by atoms with Crippen LogP contribution in [0.15, 0.2) is 54.6 Å². The Morgan fingerprint density at radius 2 is 1.60 bits per heavy atom. The minimum absolute atomic E-state index is 0.00613. The molecule has 0 fully saturated rings. The van der Waals surface area contributed by atoms with Crippen molar-refractivity contribution < 1.29 is 4.79 Å². The highest BCUT2D eigenvalue weighted by Gasteiger charge is 2.22. The maximum absolute atomic E-state index is 12.1. The SMILES string of the molecule is O=C(NC[CH]c1ccccc1)N1Cc2ccccc2C1. The normalized spacial score (nSPS) is 13.1. The molecule has 1 aliphatic rings. The van der Waals surface area contributed by atoms with Crippen LogP contribution >= 0.6 is 0 Å². The summed E-state index contributed by atoms with van der Waals surface area (Å²) in [4.78, 5) is 13.9. The number of hydrogen-bond acceptors (Lipinski definition) is 1. The highest BCUT2D eigenvalue weighted by molar-refractivity contribution is 5.75. The number of benzene rings is 2. The zero-order chi connectivity index (χ0) is 13.8. The minimum atomic E-state index is -0.00613. The number of amides is 2. The summed E-state index contributed by atoms with van der Waals surface area (Å²) in [5.74, 6) is 0. The summed E-state index contributed by atoms with van der Waals surface area (Å²) in [7, 11) is 0. The van der Waals surface area contributed by atoms with Crippen LogP contribution in [0.4, 0.5) is 4.79 Å². The first-order valence-electron chi connectivity index (χ1n) is 6.81. The smallest absolute Gasteiger partial charge is 0.318 e. The van der Waals surface area contributed by atoms with Crippen LogP contribution in [0.2, 0.25) is 0 Å². The molecule has 0 spiro atoms. The van der Waals surface area contributed by atoms with Crippen molar-refractivity contribution in [1.29, 1.82) is 0 Å². The summed E-state index contributed by atoms with van der Waals surface area (Å²) < 4.78 is 0. The van der Waals surface area contributed by atoms with E-state index in [9.17, 15) is 4.79 Å². The molecule has 20 heavy (non-hydrogen) atoms.